The number of rotatable bonds is 6. The molecule has 9 aromatic rings. The molecule has 0 radical (unpaired) electrons. The molecule has 0 saturated carbocycles. The normalized spacial score (nSPS) is 11.9. The van der Waals surface area contributed by atoms with E-state index < -0.39 is 0 Å². The summed E-state index contributed by atoms with van der Waals surface area (Å²) in [6.07, 6.45) is 4.07. The van der Waals surface area contributed by atoms with Gasteiger partial charge in [0, 0.05) is 21.8 Å². The summed E-state index contributed by atoms with van der Waals surface area (Å²) in [6.45, 7) is 6.13. The van der Waals surface area contributed by atoms with Crippen molar-refractivity contribution in [1.29, 1.82) is 0 Å². The third-order valence-corrected chi connectivity index (χ3v) is 10.2. The number of hydrogen-bond donors (Lipinski definition) is 0. The van der Waals surface area contributed by atoms with E-state index in [1.807, 2.05) is 6.08 Å². The van der Waals surface area contributed by atoms with E-state index in [0.29, 0.717) is 0 Å². The van der Waals surface area contributed by atoms with Gasteiger partial charge in [-0.1, -0.05) is 164 Å². The van der Waals surface area contributed by atoms with E-state index in [0.717, 1.165) is 11.3 Å². The van der Waals surface area contributed by atoms with E-state index in [9.17, 15) is 0 Å². The molecule has 0 spiro atoms. The number of aromatic nitrogens is 1. The molecular weight excluding hydrogens is 603 g/mol. The maximum Gasteiger partial charge on any atom is 0.0619 e. The zero-order valence-corrected chi connectivity index (χ0v) is 28.0. The minimum atomic E-state index is 1.15. The molecule has 1 aromatic heterocycles. The largest absolute Gasteiger partial charge is 0.309 e. The molecule has 1 heterocycles. The molecule has 8 aromatic carbocycles. The first kappa shape index (κ1) is 29.7. The number of para-hydroxylation sites is 1. The third kappa shape index (κ3) is 4.86. The van der Waals surface area contributed by atoms with Crippen LogP contribution < -0.4 is 0 Å². The van der Waals surface area contributed by atoms with Crippen LogP contribution >= 0.6 is 0 Å². The first-order valence-electron chi connectivity index (χ1n) is 17.3. The van der Waals surface area contributed by atoms with Gasteiger partial charge in [0.15, 0.2) is 0 Å². The molecule has 50 heavy (non-hydrogen) atoms. The summed E-state index contributed by atoms with van der Waals surface area (Å²) in [5, 5.41) is 7.46. The fourth-order valence-corrected chi connectivity index (χ4v) is 7.70. The fourth-order valence-electron chi connectivity index (χ4n) is 7.70. The highest BCUT2D eigenvalue weighted by Gasteiger charge is 2.17. The van der Waals surface area contributed by atoms with Gasteiger partial charge in [0.2, 0.25) is 0 Å². The van der Waals surface area contributed by atoms with Crippen molar-refractivity contribution >= 4 is 48.9 Å². The Bertz CT molecular complexity index is 2740. The molecule has 0 aliphatic carbocycles. The van der Waals surface area contributed by atoms with Gasteiger partial charge in [-0.15, -0.1) is 0 Å². The zero-order valence-electron chi connectivity index (χ0n) is 28.0. The van der Waals surface area contributed by atoms with Crippen molar-refractivity contribution in [2.45, 2.75) is 6.92 Å². The molecule has 9 rings (SSSR count). The van der Waals surface area contributed by atoms with Crippen molar-refractivity contribution in [3.63, 3.8) is 0 Å². The van der Waals surface area contributed by atoms with Crippen LogP contribution in [0.1, 0.15) is 12.5 Å². The quantitative estimate of drug-likeness (QED) is 0.160. The molecule has 0 bridgehead atoms. The van der Waals surface area contributed by atoms with Gasteiger partial charge in [0.05, 0.1) is 11.0 Å². The summed E-state index contributed by atoms with van der Waals surface area (Å²) in [5.41, 5.74) is 13.3. The van der Waals surface area contributed by atoms with Crippen LogP contribution in [-0.2, 0) is 0 Å². The molecule has 0 atom stereocenters. The maximum absolute atomic E-state index is 4.06. The summed E-state index contributed by atoms with van der Waals surface area (Å²) in [7, 11) is 0. The van der Waals surface area contributed by atoms with E-state index in [1.165, 1.54) is 82.3 Å². The first-order valence-corrected chi connectivity index (χ1v) is 17.3. The van der Waals surface area contributed by atoms with Crippen LogP contribution in [0.5, 0.6) is 0 Å². The first-order chi connectivity index (χ1) is 24.7. The van der Waals surface area contributed by atoms with Gasteiger partial charge in [0.25, 0.3) is 0 Å². The summed E-state index contributed by atoms with van der Waals surface area (Å²) >= 11 is 0. The van der Waals surface area contributed by atoms with Crippen molar-refractivity contribution in [2.75, 3.05) is 0 Å². The number of hydrogen-bond acceptors (Lipinski definition) is 0. The molecule has 236 valence electrons. The minimum absolute atomic E-state index is 1.15. The van der Waals surface area contributed by atoms with Gasteiger partial charge in [0.1, 0.15) is 0 Å². The summed E-state index contributed by atoms with van der Waals surface area (Å²) in [4.78, 5) is 0. The molecule has 1 nitrogen and oxygen atoms in total. The SMILES string of the molecule is C=C/C(=C\C)c1ccc(-c2ccc3c(ccc4c5ccc(-c6ccc(-c7ccccc7)cc6)cc5n(-c5ccccc5)c34)c2)c2ccccc12. The van der Waals surface area contributed by atoms with Gasteiger partial charge < -0.3 is 4.57 Å². The van der Waals surface area contributed by atoms with Crippen molar-refractivity contribution in [3.8, 4) is 39.1 Å². The maximum atomic E-state index is 4.06. The number of allylic oxidation sites excluding steroid dienone is 3. The number of nitrogens with zero attached hydrogens (tertiary/aromatic N) is 1. The second-order valence-electron chi connectivity index (χ2n) is 12.9. The highest BCUT2D eigenvalue weighted by Crippen LogP contribution is 2.41. The monoisotopic (exact) mass is 637 g/mol. The van der Waals surface area contributed by atoms with Gasteiger partial charge in [-0.3, -0.25) is 0 Å². The van der Waals surface area contributed by atoms with Gasteiger partial charge >= 0.3 is 0 Å². The van der Waals surface area contributed by atoms with Crippen molar-refractivity contribution < 1.29 is 0 Å². The average molecular weight is 638 g/mol. The number of benzene rings is 8. The highest BCUT2D eigenvalue weighted by molar-refractivity contribution is 6.19. The molecule has 0 unspecified atom stereocenters. The lowest BCUT2D eigenvalue weighted by Crippen LogP contribution is -1.94. The van der Waals surface area contributed by atoms with Gasteiger partial charge in [-0.25, -0.2) is 0 Å². The lowest BCUT2D eigenvalue weighted by molar-refractivity contribution is 1.19. The Labute approximate surface area is 292 Å². The second kappa shape index (κ2) is 12.2. The summed E-state index contributed by atoms with van der Waals surface area (Å²) < 4.78 is 2.45. The molecule has 0 amide bonds. The molecule has 0 aliphatic heterocycles. The molecule has 0 aliphatic rings. The predicted octanol–water partition coefficient (Wildman–Crippen LogP) is 13.7. The van der Waals surface area contributed by atoms with Crippen LogP contribution in [0.25, 0.3) is 88.0 Å². The Morgan fingerprint density at radius 2 is 1.08 bits per heavy atom. The molecular formula is C49H35N. The third-order valence-electron chi connectivity index (χ3n) is 10.2. The Hall–Kier alpha value is -6.44. The van der Waals surface area contributed by atoms with Crippen LogP contribution in [0, 0.1) is 0 Å². The average Bonchev–Trinajstić information content (AvgIpc) is 3.53. The molecule has 1 heteroatoms. The van der Waals surface area contributed by atoms with Crippen molar-refractivity contribution in [1.82, 2.24) is 4.57 Å². The van der Waals surface area contributed by atoms with Crippen LogP contribution in [0.2, 0.25) is 0 Å². The van der Waals surface area contributed by atoms with Gasteiger partial charge in [-0.2, -0.15) is 0 Å². The fraction of sp³-hybridized carbons (Fsp3) is 0.0204. The Morgan fingerprint density at radius 3 is 1.82 bits per heavy atom. The van der Waals surface area contributed by atoms with E-state index in [4.69, 9.17) is 0 Å². The lowest BCUT2D eigenvalue weighted by atomic mass is 9.91. The Morgan fingerprint density at radius 1 is 0.480 bits per heavy atom. The van der Waals surface area contributed by atoms with Gasteiger partial charge in [-0.05, 0) is 91.9 Å². The van der Waals surface area contributed by atoms with Crippen molar-refractivity contribution in [2.24, 2.45) is 0 Å². The highest BCUT2D eigenvalue weighted by atomic mass is 15.0. The second-order valence-corrected chi connectivity index (χ2v) is 12.9. The summed E-state index contributed by atoms with van der Waals surface area (Å²) in [6, 6.07) is 62.0. The van der Waals surface area contributed by atoms with E-state index >= 15 is 0 Å². The minimum Gasteiger partial charge on any atom is -0.309 e. The van der Waals surface area contributed by atoms with E-state index in [1.54, 1.807) is 0 Å². The molecule has 0 saturated heterocycles. The van der Waals surface area contributed by atoms with E-state index in [-0.39, 0.29) is 0 Å². The predicted molar refractivity (Wildman–Crippen MR) is 216 cm³/mol. The van der Waals surface area contributed by atoms with Crippen LogP contribution in [0.15, 0.2) is 189 Å². The smallest absolute Gasteiger partial charge is 0.0619 e. The van der Waals surface area contributed by atoms with Crippen LogP contribution in [0.3, 0.4) is 0 Å². The Kier molecular flexibility index (Phi) is 7.25. The van der Waals surface area contributed by atoms with Crippen molar-refractivity contribution in [3.05, 3.63) is 194 Å². The van der Waals surface area contributed by atoms with Crippen LogP contribution in [0.4, 0.5) is 0 Å². The van der Waals surface area contributed by atoms with Crippen LogP contribution in [-0.4, -0.2) is 4.57 Å². The van der Waals surface area contributed by atoms with E-state index in [2.05, 4.69) is 194 Å². The summed E-state index contributed by atoms with van der Waals surface area (Å²) in [5.74, 6) is 0. The lowest BCUT2D eigenvalue weighted by Gasteiger charge is -2.14. The number of fused-ring (bicyclic) bond motifs is 6. The molecule has 0 fully saturated rings. The standard InChI is InChI=1S/C49H35N/c1-3-33(4-2)41-29-30-42(45-18-12-11-17-44(41)45)38-24-26-43-39(31-38)25-28-47-46-27-23-37(32-48(46)50(49(43)47)40-15-9-6-10-16-40)36-21-19-35(20-22-36)34-13-7-5-8-14-34/h3-32H,1H2,2H3/b33-4+. The topological polar surface area (TPSA) is 4.93 Å². The molecule has 0 N–H and O–H groups in total. The Balaban J connectivity index is 1.22. The zero-order chi connectivity index (χ0) is 33.6.